The van der Waals surface area contributed by atoms with E-state index in [4.69, 9.17) is 18.9 Å². The third-order valence-electron chi connectivity index (χ3n) is 4.18. The van der Waals surface area contributed by atoms with E-state index in [0.717, 1.165) is 0 Å². The maximum absolute atomic E-state index is 13.8. The lowest BCUT2D eigenvalue weighted by atomic mass is 10.1. The molecule has 0 spiro atoms. The largest absolute Gasteiger partial charge is 0.463 e. The van der Waals surface area contributed by atoms with E-state index >= 15 is 0 Å². The van der Waals surface area contributed by atoms with Crippen LogP contribution in [0.3, 0.4) is 0 Å². The van der Waals surface area contributed by atoms with E-state index in [1.807, 2.05) is 0 Å². The number of rotatable bonds is 5. The van der Waals surface area contributed by atoms with Gasteiger partial charge in [-0.15, -0.1) is 0 Å². The topological polar surface area (TPSA) is 132 Å². The maximum atomic E-state index is 13.8. The van der Waals surface area contributed by atoms with Crippen LogP contribution in [-0.2, 0) is 33.3 Å². The summed E-state index contributed by atoms with van der Waals surface area (Å²) in [5.74, 6) is -1.87. The van der Waals surface area contributed by atoms with Crippen LogP contribution in [0.4, 0.5) is 4.39 Å². The van der Waals surface area contributed by atoms with Gasteiger partial charge in [0.15, 0.2) is 24.1 Å². The van der Waals surface area contributed by atoms with Crippen LogP contribution in [0.2, 0.25) is 0 Å². The van der Waals surface area contributed by atoms with Gasteiger partial charge in [-0.2, -0.15) is 9.37 Å². The molecule has 0 radical (unpaired) electrons. The zero-order valence-corrected chi connectivity index (χ0v) is 16.1. The van der Waals surface area contributed by atoms with Gasteiger partial charge in [-0.3, -0.25) is 19.0 Å². The van der Waals surface area contributed by atoms with Gasteiger partial charge < -0.3 is 18.9 Å². The van der Waals surface area contributed by atoms with Crippen molar-refractivity contribution < 1.29 is 37.7 Å². The monoisotopic (exact) mass is 410 g/mol. The highest BCUT2D eigenvalue weighted by Gasteiger charge is 2.51. The fraction of sp³-hybridized carbons (Fsp3) is 0.529. The SMILES string of the molecule is CC(=O)OCC1OC(n2cnc3c(C)nc(F)nc32)C(OC(C)=O)C1OC(C)=O. The number of ether oxygens (including phenoxy) is 4. The van der Waals surface area contributed by atoms with E-state index in [-0.39, 0.29) is 12.3 Å². The van der Waals surface area contributed by atoms with Crippen molar-refractivity contribution in [1.82, 2.24) is 19.5 Å². The van der Waals surface area contributed by atoms with Gasteiger partial charge >= 0.3 is 24.0 Å². The third kappa shape index (κ3) is 4.31. The van der Waals surface area contributed by atoms with Gasteiger partial charge in [0.1, 0.15) is 18.2 Å². The molecule has 4 unspecified atom stereocenters. The molecular weight excluding hydrogens is 391 g/mol. The van der Waals surface area contributed by atoms with Crippen LogP contribution in [0.5, 0.6) is 0 Å². The van der Waals surface area contributed by atoms with E-state index in [9.17, 15) is 18.8 Å². The number of aromatic nitrogens is 4. The third-order valence-corrected chi connectivity index (χ3v) is 4.18. The molecule has 0 bridgehead atoms. The molecule has 0 amide bonds. The summed E-state index contributed by atoms with van der Waals surface area (Å²) >= 11 is 0. The average Bonchev–Trinajstić information content (AvgIpc) is 3.15. The van der Waals surface area contributed by atoms with E-state index in [1.165, 1.54) is 31.7 Å². The quantitative estimate of drug-likeness (QED) is 0.392. The van der Waals surface area contributed by atoms with Crippen LogP contribution < -0.4 is 0 Å². The van der Waals surface area contributed by atoms with Crippen LogP contribution in [0.1, 0.15) is 32.7 Å². The maximum Gasteiger partial charge on any atom is 0.310 e. The predicted molar refractivity (Wildman–Crippen MR) is 91.7 cm³/mol. The molecule has 11 nitrogen and oxygen atoms in total. The molecule has 0 saturated carbocycles. The summed E-state index contributed by atoms with van der Waals surface area (Å²) in [5, 5.41) is 0. The number of halogens is 1. The Bertz CT molecular complexity index is 963. The Hall–Kier alpha value is -3.15. The fourth-order valence-corrected chi connectivity index (χ4v) is 3.13. The van der Waals surface area contributed by atoms with Crippen molar-refractivity contribution in [3.8, 4) is 0 Å². The highest BCUT2D eigenvalue weighted by molar-refractivity contribution is 5.73. The number of hydrogen-bond acceptors (Lipinski definition) is 10. The van der Waals surface area contributed by atoms with Gasteiger partial charge in [-0.25, -0.2) is 9.97 Å². The van der Waals surface area contributed by atoms with E-state index < -0.39 is 48.5 Å². The van der Waals surface area contributed by atoms with E-state index in [0.29, 0.717) is 11.2 Å². The minimum absolute atomic E-state index is 0.104. The number of esters is 3. The number of fused-ring (bicyclic) bond motifs is 1. The normalized spacial score (nSPS) is 23.8. The number of hydrogen-bond donors (Lipinski definition) is 0. The minimum Gasteiger partial charge on any atom is -0.463 e. The lowest BCUT2D eigenvalue weighted by molar-refractivity contribution is -0.166. The van der Waals surface area contributed by atoms with Gasteiger partial charge in [-0.05, 0) is 6.92 Å². The molecule has 1 aliphatic rings. The molecule has 2 aromatic rings. The van der Waals surface area contributed by atoms with Crippen molar-refractivity contribution in [2.75, 3.05) is 6.61 Å². The summed E-state index contributed by atoms with van der Waals surface area (Å²) in [6.45, 7) is 4.88. The Morgan fingerprint density at radius 3 is 2.38 bits per heavy atom. The second kappa shape index (κ2) is 8.07. The first-order valence-electron chi connectivity index (χ1n) is 8.67. The smallest absolute Gasteiger partial charge is 0.310 e. The first-order valence-corrected chi connectivity index (χ1v) is 8.67. The highest BCUT2D eigenvalue weighted by Crippen LogP contribution is 2.36. The second-order valence-electron chi connectivity index (χ2n) is 6.42. The summed E-state index contributed by atoms with van der Waals surface area (Å²) < 4.78 is 36.6. The Balaban J connectivity index is 2.04. The van der Waals surface area contributed by atoms with Crippen molar-refractivity contribution in [1.29, 1.82) is 0 Å². The van der Waals surface area contributed by atoms with Gasteiger partial charge in [0.25, 0.3) is 0 Å². The molecule has 0 aliphatic carbocycles. The van der Waals surface area contributed by atoms with Gasteiger partial charge in [-0.1, -0.05) is 0 Å². The zero-order valence-electron chi connectivity index (χ0n) is 16.1. The second-order valence-corrected chi connectivity index (χ2v) is 6.42. The predicted octanol–water partition coefficient (Wildman–Crippen LogP) is 0.598. The van der Waals surface area contributed by atoms with Crippen LogP contribution in [-0.4, -0.2) is 62.3 Å². The van der Waals surface area contributed by atoms with Crippen molar-refractivity contribution in [2.24, 2.45) is 0 Å². The molecule has 3 rings (SSSR count). The molecular formula is C17H19FN4O7. The minimum atomic E-state index is -1.12. The first kappa shape index (κ1) is 20.6. The molecule has 3 heterocycles. The average molecular weight is 410 g/mol. The fourth-order valence-electron chi connectivity index (χ4n) is 3.13. The van der Waals surface area contributed by atoms with Crippen LogP contribution >= 0.6 is 0 Å². The van der Waals surface area contributed by atoms with Crippen LogP contribution in [0, 0.1) is 13.0 Å². The molecule has 4 atom stereocenters. The lowest BCUT2D eigenvalue weighted by Crippen LogP contribution is -2.40. The van der Waals surface area contributed by atoms with E-state index in [2.05, 4.69) is 15.0 Å². The lowest BCUT2D eigenvalue weighted by Gasteiger charge is -2.23. The summed E-state index contributed by atoms with van der Waals surface area (Å²) in [6, 6.07) is 0. The number of aryl methyl sites for hydroxylation is 1. The van der Waals surface area contributed by atoms with Crippen LogP contribution in [0.25, 0.3) is 11.2 Å². The molecule has 1 fully saturated rings. The number of nitrogens with zero attached hydrogens (tertiary/aromatic N) is 4. The van der Waals surface area contributed by atoms with Gasteiger partial charge in [0.05, 0.1) is 12.0 Å². The molecule has 0 N–H and O–H groups in total. The van der Waals surface area contributed by atoms with Crippen molar-refractivity contribution in [3.05, 3.63) is 18.1 Å². The highest BCUT2D eigenvalue weighted by atomic mass is 19.1. The summed E-state index contributed by atoms with van der Waals surface area (Å²) in [5.41, 5.74) is 0.734. The van der Waals surface area contributed by atoms with Gasteiger partial charge in [0, 0.05) is 20.8 Å². The summed E-state index contributed by atoms with van der Waals surface area (Å²) in [7, 11) is 0. The van der Waals surface area contributed by atoms with Crippen LogP contribution in [0.15, 0.2) is 6.33 Å². The molecule has 1 aliphatic heterocycles. The van der Waals surface area contributed by atoms with Crippen molar-refractivity contribution in [3.63, 3.8) is 0 Å². The Morgan fingerprint density at radius 1 is 1.10 bits per heavy atom. The Kier molecular flexibility index (Phi) is 5.73. The molecule has 2 aromatic heterocycles. The molecule has 12 heteroatoms. The summed E-state index contributed by atoms with van der Waals surface area (Å²) in [6.07, 6.45) is -3.85. The standard InChI is InChI=1S/C17H19FN4O7/c1-7-12-15(21-17(18)20-7)22(6-19-12)16-14(28-10(4)25)13(27-9(3)24)11(29-16)5-26-8(2)23/h6,11,13-14,16H,5H2,1-4H3. The number of carbonyl (C=O) groups excluding carboxylic acids is 3. The molecule has 29 heavy (non-hydrogen) atoms. The summed E-state index contributed by atoms with van der Waals surface area (Å²) in [4.78, 5) is 46.0. The molecule has 0 aromatic carbocycles. The Labute approximate surface area is 164 Å². The number of carbonyl (C=O) groups is 3. The zero-order chi connectivity index (χ0) is 21.3. The van der Waals surface area contributed by atoms with Crippen molar-refractivity contribution >= 4 is 29.1 Å². The van der Waals surface area contributed by atoms with E-state index in [1.54, 1.807) is 6.92 Å². The van der Waals surface area contributed by atoms with Crippen molar-refractivity contribution in [2.45, 2.75) is 52.2 Å². The number of imidazole rings is 1. The first-order chi connectivity index (χ1) is 13.7. The molecule has 156 valence electrons. The Morgan fingerprint density at radius 2 is 1.76 bits per heavy atom. The van der Waals surface area contributed by atoms with Gasteiger partial charge in [0.2, 0.25) is 0 Å². The molecule has 1 saturated heterocycles.